The number of esters is 1. The van der Waals surface area contributed by atoms with Crippen LogP contribution in [0.4, 0.5) is 0 Å². The molecule has 2 unspecified atom stereocenters. The molecule has 1 N–H and O–H groups in total. The molecule has 0 saturated heterocycles. The van der Waals surface area contributed by atoms with E-state index in [4.69, 9.17) is 19.2 Å². The molecule has 8 nitrogen and oxygen atoms in total. The number of thioether (sulfide) groups is 1. The Kier molecular flexibility index (Phi) is 8.97. The van der Waals surface area contributed by atoms with E-state index in [0.717, 1.165) is 22.4 Å². The molecule has 0 spiro atoms. The molecule has 0 aromatic heterocycles. The first kappa shape index (κ1) is 29.0. The standard InChI is InChI=1S/C33H33N3O5S/c1-21(24-13-9-6-10-14-24)34-29(37)18-26-20-42-33-35-22(2)30(32(38)41-19-23-11-7-5-8-12-23)31(36(26)33)25-15-16-27(39-3)28(17-25)40-4/h5-17,20-21,31H,18-19H2,1-4H3,(H,34,37). The van der Waals surface area contributed by atoms with Crippen molar-refractivity contribution >= 4 is 28.8 Å². The van der Waals surface area contributed by atoms with Crippen LogP contribution in [0.3, 0.4) is 0 Å². The Morgan fingerprint density at radius 3 is 2.36 bits per heavy atom. The summed E-state index contributed by atoms with van der Waals surface area (Å²) in [6.07, 6.45) is 0.109. The van der Waals surface area contributed by atoms with Crippen LogP contribution < -0.4 is 14.8 Å². The van der Waals surface area contributed by atoms with Crippen LogP contribution in [0.15, 0.2) is 106 Å². The van der Waals surface area contributed by atoms with E-state index in [1.807, 2.05) is 103 Å². The van der Waals surface area contributed by atoms with Crippen LogP contribution in [0.5, 0.6) is 11.5 Å². The molecule has 3 aromatic rings. The molecule has 2 atom stereocenters. The molecule has 216 valence electrons. The first-order chi connectivity index (χ1) is 20.4. The van der Waals surface area contributed by atoms with Crippen LogP contribution in [0.2, 0.25) is 0 Å². The van der Waals surface area contributed by atoms with Crippen molar-refractivity contribution in [3.63, 3.8) is 0 Å². The van der Waals surface area contributed by atoms with Gasteiger partial charge in [-0.15, -0.1) is 0 Å². The van der Waals surface area contributed by atoms with Crippen molar-refractivity contribution in [3.8, 4) is 11.5 Å². The number of amides is 1. The number of nitrogens with zero attached hydrogens (tertiary/aromatic N) is 2. The summed E-state index contributed by atoms with van der Waals surface area (Å²) in [6, 6.07) is 24.1. The fourth-order valence-electron chi connectivity index (χ4n) is 5.05. The van der Waals surface area contributed by atoms with E-state index in [-0.39, 0.29) is 25.0 Å². The molecule has 0 aliphatic carbocycles. The molecular formula is C33H33N3O5S. The molecule has 0 fully saturated rings. The highest BCUT2D eigenvalue weighted by molar-refractivity contribution is 8.16. The van der Waals surface area contributed by atoms with Gasteiger partial charge in [0.05, 0.1) is 44.0 Å². The second kappa shape index (κ2) is 13.0. The van der Waals surface area contributed by atoms with Gasteiger partial charge in [0, 0.05) is 5.70 Å². The maximum Gasteiger partial charge on any atom is 0.338 e. The van der Waals surface area contributed by atoms with Crippen LogP contribution >= 0.6 is 11.8 Å². The zero-order chi connectivity index (χ0) is 29.6. The minimum Gasteiger partial charge on any atom is -0.493 e. The average molecular weight is 584 g/mol. The zero-order valence-corrected chi connectivity index (χ0v) is 24.8. The number of carbonyl (C=O) groups excluding carboxylic acids is 2. The van der Waals surface area contributed by atoms with Gasteiger partial charge in [-0.2, -0.15) is 0 Å². The number of fused-ring (bicyclic) bond motifs is 1. The number of allylic oxidation sites excluding steroid dienone is 1. The van der Waals surface area contributed by atoms with E-state index >= 15 is 0 Å². The Labute approximate surface area is 250 Å². The summed E-state index contributed by atoms with van der Waals surface area (Å²) in [6.45, 7) is 3.89. The summed E-state index contributed by atoms with van der Waals surface area (Å²) in [4.78, 5) is 33.7. The van der Waals surface area contributed by atoms with Gasteiger partial charge in [0.2, 0.25) is 5.91 Å². The Morgan fingerprint density at radius 1 is 0.976 bits per heavy atom. The van der Waals surface area contributed by atoms with E-state index in [1.54, 1.807) is 14.2 Å². The van der Waals surface area contributed by atoms with Gasteiger partial charge in [0.25, 0.3) is 0 Å². The fourth-order valence-corrected chi connectivity index (χ4v) is 6.02. The molecule has 42 heavy (non-hydrogen) atoms. The van der Waals surface area contributed by atoms with Crippen LogP contribution in [-0.4, -0.2) is 36.2 Å². The number of aliphatic imine (C=N–C) groups is 1. The van der Waals surface area contributed by atoms with E-state index in [0.29, 0.717) is 27.9 Å². The van der Waals surface area contributed by atoms with Crippen molar-refractivity contribution in [2.24, 2.45) is 4.99 Å². The summed E-state index contributed by atoms with van der Waals surface area (Å²) in [5.74, 6) is 0.489. The lowest BCUT2D eigenvalue weighted by Crippen LogP contribution is -2.38. The molecule has 3 aromatic carbocycles. The van der Waals surface area contributed by atoms with Gasteiger partial charge in [-0.1, -0.05) is 78.5 Å². The second-order valence-corrected chi connectivity index (χ2v) is 10.8. The lowest BCUT2D eigenvalue weighted by molar-refractivity contribution is -0.141. The molecule has 2 aliphatic rings. The lowest BCUT2D eigenvalue weighted by atomic mass is 9.93. The third kappa shape index (κ3) is 6.21. The van der Waals surface area contributed by atoms with Crippen molar-refractivity contribution in [1.82, 2.24) is 10.2 Å². The number of ether oxygens (including phenoxy) is 3. The molecule has 0 radical (unpaired) electrons. The third-order valence-electron chi connectivity index (χ3n) is 7.18. The zero-order valence-electron chi connectivity index (χ0n) is 24.0. The lowest BCUT2D eigenvalue weighted by Gasteiger charge is -2.36. The van der Waals surface area contributed by atoms with E-state index in [1.165, 1.54) is 11.8 Å². The fraction of sp³-hybridized carbons (Fsp3) is 0.242. The highest BCUT2D eigenvalue weighted by Crippen LogP contribution is 2.46. The molecule has 2 heterocycles. The number of methoxy groups -OCH3 is 2. The average Bonchev–Trinajstić information content (AvgIpc) is 3.41. The minimum atomic E-state index is -0.596. The molecule has 1 amide bonds. The predicted molar refractivity (Wildman–Crippen MR) is 164 cm³/mol. The highest BCUT2D eigenvalue weighted by atomic mass is 32.2. The molecule has 2 aliphatic heterocycles. The second-order valence-electron chi connectivity index (χ2n) is 9.95. The largest absolute Gasteiger partial charge is 0.493 e. The smallest absolute Gasteiger partial charge is 0.338 e. The van der Waals surface area contributed by atoms with Crippen LogP contribution in [0.25, 0.3) is 0 Å². The normalized spacial score (nSPS) is 16.7. The number of amidine groups is 1. The van der Waals surface area contributed by atoms with Gasteiger partial charge in [0.1, 0.15) is 6.61 Å². The van der Waals surface area contributed by atoms with Crippen LogP contribution in [0.1, 0.15) is 49.0 Å². The SMILES string of the molecule is COc1ccc(C2C(C(=O)OCc3ccccc3)=C(C)N=C3SC=C(CC(=O)NC(C)c4ccccc4)N32)cc1OC. The van der Waals surface area contributed by atoms with Crippen LogP contribution in [-0.2, 0) is 20.9 Å². The van der Waals surface area contributed by atoms with Crippen molar-refractivity contribution < 1.29 is 23.8 Å². The van der Waals surface area contributed by atoms with E-state index in [9.17, 15) is 9.59 Å². The summed E-state index contributed by atoms with van der Waals surface area (Å²) >= 11 is 1.43. The quantitative estimate of drug-likeness (QED) is 0.281. The van der Waals surface area contributed by atoms with E-state index in [2.05, 4.69) is 5.32 Å². The number of hydrogen-bond acceptors (Lipinski definition) is 8. The first-order valence-electron chi connectivity index (χ1n) is 13.6. The number of benzene rings is 3. The number of carbonyl (C=O) groups is 2. The number of rotatable bonds is 10. The molecule has 9 heteroatoms. The van der Waals surface area contributed by atoms with Gasteiger partial charge in [-0.05, 0) is 48.1 Å². The molecule has 0 saturated carbocycles. The summed E-state index contributed by atoms with van der Waals surface area (Å²) < 4.78 is 16.9. The van der Waals surface area contributed by atoms with Crippen molar-refractivity contribution in [3.05, 3.63) is 118 Å². The summed E-state index contributed by atoms with van der Waals surface area (Å²) in [7, 11) is 3.15. The highest BCUT2D eigenvalue weighted by Gasteiger charge is 2.41. The van der Waals surface area contributed by atoms with Crippen LogP contribution in [0, 0.1) is 0 Å². The van der Waals surface area contributed by atoms with Crippen molar-refractivity contribution in [2.75, 3.05) is 14.2 Å². The Hall–Kier alpha value is -4.50. The minimum absolute atomic E-state index is 0.109. The van der Waals surface area contributed by atoms with Gasteiger partial charge >= 0.3 is 5.97 Å². The molecule has 5 rings (SSSR count). The van der Waals surface area contributed by atoms with Gasteiger partial charge in [-0.3, -0.25) is 4.79 Å². The van der Waals surface area contributed by atoms with Gasteiger partial charge < -0.3 is 24.4 Å². The molecule has 0 bridgehead atoms. The maximum absolute atomic E-state index is 13.7. The molecular weight excluding hydrogens is 550 g/mol. The Bertz CT molecular complexity index is 1550. The Balaban J connectivity index is 1.46. The number of nitrogens with one attached hydrogen (secondary N) is 1. The summed E-state index contributed by atoms with van der Waals surface area (Å²) in [5.41, 5.74) is 4.37. The third-order valence-corrected chi connectivity index (χ3v) is 8.06. The number of hydrogen-bond donors (Lipinski definition) is 1. The van der Waals surface area contributed by atoms with Gasteiger partial charge in [-0.25, -0.2) is 9.79 Å². The van der Waals surface area contributed by atoms with Gasteiger partial charge in [0.15, 0.2) is 16.7 Å². The van der Waals surface area contributed by atoms with E-state index < -0.39 is 12.0 Å². The predicted octanol–water partition coefficient (Wildman–Crippen LogP) is 6.29. The summed E-state index contributed by atoms with van der Waals surface area (Å²) in [5, 5.41) is 5.70. The van der Waals surface area contributed by atoms with Crippen molar-refractivity contribution in [1.29, 1.82) is 0 Å². The first-order valence-corrected chi connectivity index (χ1v) is 14.5. The van der Waals surface area contributed by atoms with Crippen molar-refractivity contribution in [2.45, 2.75) is 39.0 Å². The monoisotopic (exact) mass is 583 g/mol. The topological polar surface area (TPSA) is 89.5 Å². The Morgan fingerprint density at radius 2 is 1.67 bits per heavy atom. The maximum atomic E-state index is 13.7.